The van der Waals surface area contributed by atoms with Gasteiger partial charge in [0.05, 0.1) is 7.11 Å². The minimum Gasteiger partial charge on any atom is -0.497 e. The molecule has 2 nitrogen and oxygen atoms in total. The van der Waals surface area contributed by atoms with Gasteiger partial charge in [0.15, 0.2) is 0 Å². The largest absolute Gasteiger partial charge is 0.497 e. The molecule has 0 fully saturated rings. The third kappa shape index (κ3) is 3.37. The van der Waals surface area contributed by atoms with E-state index in [1.165, 1.54) is 5.56 Å². The van der Waals surface area contributed by atoms with Crippen molar-refractivity contribution in [2.75, 3.05) is 7.11 Å². The molecule has 0 N–H and O–H groups in total. The van der Waals surface area contributed by atoms with E-state index in [0.29, 0.717) is 12.2 Å². The van der Waals surface area contributed by atoms with Crippen LogP contribution in [0.25, 0.3) is 0 Å². The molecule has 2 heteroatoms. The van der Waals surface area contributed by atoms with Crippen molar-refractivity contribution in [3.63, 3.8) is 0 Å². The summed E-state index contributed by atoms with van der Waals surface area (Å²) in [5.74, 6) is 1.36. The van der Waals surface area contributed by atoms with E-state index in [0.717, 1.165) is 18.6 Å². The number of rotatable bonds is 6. The van der Waals surface area contributed by atoms with Crippen LogP contribution in [-0.4, -0.2) is 12.9 Å². The van der Waals surface area contributed by atoms with Gasteiger partial charge in [0, 0.05) is 12.3 Å². The van der Waals surface area contributed by atoms with Gasteiger partial charge in [-0.15, -0.1) is 0 Å². The van der Waals surface area contributed by atoms with Gasteiger partial charge in [0.1, 0.15) is 11.5 Å². The van der Waals surface area contributed by atoms with Gasteiger partial charge in [0.2, 0.25) is 0 Å². The minimum absolute atomic E-state index is 0.150. The zero-order chi connectivity index (χ0) is 12.0. The van der Waals surface area contributed by atoms with Crippen LogP contribution in [0.2, 0.25) is 0 Å². The first-order valence-electron chi connectivity index (χ1n) is 5.86. The smallest absolute Gasteiger partial charge is 0.136 e. The number of benzene rings is 1. The molecule has 88 valence electrons. The Labute approximate surface area is 97.6 Å². The fourth-order valence-corrected chi connectivity index (χ4v) is 1.86. The Bertz CT molecular complexity index is 344. The Hall–Kier alpha value is -1.31. The average Bonchev–Trinajstić information content (AvgIpc) is 2.35. The Morgan fingerprint density at radius 2 is 2.12 bits per heavy atom. The van der Waals surface area contributed by atoms with Crippen LogP contribution in [0.5, 0.6) is 5.75 Å². The average molecular weight is 220 g/mol. The number of carbonyl (C=O) groups is 1. The number of hydrogen-bond acceptors (Lipinski definition) is 2. The standard InChI is InChI=1S/C14H20O2/c1-4-12(14(15)5-2)9-11-7-6-8-13(10-11)16-3/h6-8,10,12H,4-5,9H2,1-3H3. The maximum Gasteiger partial charge on any atom is 0.136 e. The summed E-state index contributed by atoms with van der Waals surface area (Å²) in [6, 6.07) is 7.95. The molecule has 1 atom stereocenters. The molecule has 0 aliphatic heterocycles. The second-order valence-electron chi connectivity index (χ2n) is 3.98. The summed E-state index contributed by atoms with van der Waals surface area (Å²) in [5, 5.41) is 0. The van der Waals surface area contributed by atoms with Crippen LogP contribution in [-0.2, 0) is 11.2 Å². The van der Waals surface area contributed by atoms with Crippen LogP contribution in [0.3, 0.4) is 0 Å². The molecular weight excluding hydrogens is 200 g/mol. The molecule has 0 saturated carbocycles. The minimum atomic E-state index is 0.150. The maximum absolute atomic E-state index is 11.7. The number of ether oxygens (including phenoxy) is 1. The molecule has 1 rings (SSSR count). The van der Waals surface area contributed by atoms with Crippen molar-refractivity contribution in [1.82, 2.24) is 0 Å². The monoisotopic (exact) mass is 220 g/mol. The molecule has 0 aliphatic rings. The van der Waals surface area contributed by atoms with Crippen molar-refractivity contribution < 1.29 is 9.53 Å². The normalized spacial score (nSPS) is 12.2. The van der Waals surface area contributed by atoms with E-state index in [9.17, 15) is 4.79 Å². The van der Waals surface area contributed by atoms with Crippen LogP contribution in [0, 0.1) is 5.92 Å². The molecule has 1 aromatic rings. The van der Waals surface area contributed by atoms with E-state index in [1.54, 1.807) is 7.11 Å². The molecule has 0 bridgehead atoms. The van der Waals surface area contributed by atoms with Crippen LogP contribution in [0.15, 0.2) is 24.3 Å². The molecule has 16 heavy (non-hydrogen) atoms. The lowest BCUT2D eigenvalue weighted by molar-refractivity contribution is -0.122. The van der Waals surface area contributed by atoms with Gasteiger partial charge in [-0.2, -0.15) is 0 Å². The molecule has 0 radical (unpaired) electrons. The summed E-state index contributed by atoms with van der Waals surface area (Å²) in [6.45, 7) is 4.00. The molecule has 1 unspecified atom stereocenters. The summed E-state index contributed by atoms with van der Waals surface area (Å²) in [5.41, 5.74) is 1.17. The third-order valence-electron chi connectivity index (χ3n) is 2.91. The van der Waals surface area contributed by atoms with Crippen LogP contribution in [0.4, 0.5) is 0 Å². The molecule has 0 amide bonds. The maximum atomic E-state index is 11.7. The topological polar surface area (TPSA) is 26.3 Å². The Morgan fingerprint density at radius 3 is 2.69 bits per heavy atom. The van der Waals surface area contributed by atoms with Gasteiger partial charge >= 0.3 is 0 Å². The van der Waals surface area contributed by atoms with Crippen molar-refractivity contribution >= 4 is 5.78 Å². The highest BCUT2D eigenvalue weighted by atomic mass is 16.5. The fraction of sp³-hybridized carbons (Fsp3) is 0.500. The van der Waals surface area contributed by atoms with E-state index in [2.05, 4.69) is 6.92 Å². The zero-order valence-electron chi connectivity index (χ0n) is 10.3. The molecule has 0 saturated heterocycles. The lowest BCUT2D eigenvalue weighted by Crippen LogP contribution is -2.15. The predicted molar refractivity (Wildman–Crippen MR) is 65.8 cm³/mol. The van der Waals surface area contributed by atoms with Gasteiger partial charge in [-0.3, -0.25) is 4.79 Å². The summed E-state index contributed by atoms with van der Waals surface area (Å²) in [7, 11) is 1.66. The summed E-state index contributed by atoms with van der Waals surface area (Å²) in [4.78, 5) is 11.7. The lowest BCUT2D eigenvalue weighted by Gasteiger charge is -2.13. The summed E-state index contributed by atoms with van der Waals surface area (Å²) >= 11 is 0. The highest BCUT2D eigenvalue weighted by molar-refractivity contribution is 5.80. The number of Topliss-reactive ketones (excluding diaryl/α,β-unsaturated/α-hetero) is 1. The number of hydrogen-bond donors (Lipinski definition) is 0. The number of ketones is 1. The Kier molecular flexibility index (Phi) is 5.03. The summed E-state index contributed by atoms with van der Waals surface area (Å²) in [6.07, 6.45) is 2.35. The van der Waals surface area contributed by atoms with E-state index in [4.69, 9.17) is 4.74 Å². The van der Waals surface area contributed by atoms with Crippen molar-refractivity contribution in [2.24, 2.45) is 5.92 Å². The summed E-state index contributed by atoms with van der Waals surface area (Å²) < 4.78 is 5.17. The molecule has 0 spiro atoms. The SMILES string of the molecule is CCC(=O)C(CC)Cc1cccc(OC)c1. The molecule has 1 aromatic carbocycles. The van der Waals surface area contributed by atoms with Crippen LogP contribution < -0.4 is 4.74 Å². The highest BCUT2D eigenvalue weighted by Crippen LogP contribution is 2.18. The quantitative estimate of drug-likeness (QED) is 0.735. The van der Waals surface area contributed by atoms with Crippen molar-refractivity contribution in [2.45, 2.75) is 33.1 Å². The van der Waals surface area contributed by atoms with Crippen molar-refractivity contribution in [3.8, 4) is 5.75 Å². The Morgan fingerprint density at radius 1 is 1.38 bits per heavy atom. The number of carbonyl (C=O) groups excluding carboxylic acids is 1. The number of methoxy groups -OCH3 is 1. The second-order valence-corrected chi connectivity index (χ2v) is 3.98. The first-order chi connectivity index (χ1) is 7.71. The highest BCUT2D eigenvalue weighted by Gasteiger charge is 2.15. The van der Waals surface area contributed by atoms with Crippen molar-refractivity contribution in [1.29, 1.82) is 0 Å². The Balaban J connectivity index is 2.73. The van der Waals surface area contributed by atoms with Gasteiger partial charge in [-0.05, 0) is 30.5 Å². The fourth-order valence-electron chi connectivity index (χ4n) is 1.86. The van der Waals surface area contributed by atoms with E-state index in [-0.39, 0.29) is 5.92 Å². The first-order valence-corrected chi connectivity index (χ1v) is 5.86. The second kappa shape index (κ2) is 6.31. The van der Waals surface area contributed by atoms with E-state index >= 15 is 0 Å². The van der Waals surface area contributed by atoms with Gasteiger partial charge < -0.3 is 4.74 Å². The van der Waals surface area contributed by atoms with Crippen LogP contribution >= 0.6 is 0 Å². The predicted octanol–water partition coefficient (Wildman–Crippen LogP) is 3.24. The molecule has 0 aromatic heterocycles. The third-order valence-corrected chi connectivity index (χ3v) is 2.91. The van der Waals surface area contributed by atoms with Gasteiger partial charge in [-0.1, -0.05) is 26.0 Å². The van der Waals surface area contributed by atoms with Gasteiger partial charge in [0.25, 0.3) is 0 Å². The van der Waals surface area contributed by atoms with Gasteiger partial charge in [-0.25, -0.2) is 0 Å². The lowest BCUT2D eigenvalue weighted by atomic mass is 9.92. The van der Waals surface area contributed by atoms with Crippen molar-refractivity contribution in [3.05, 3.63) is 29.8 Å². The molecule has 0 aliphatic carbocycles. The van der Waals surface area contributed by atoms with Crippen LogP contribution in [0.1, 0.15) is 32.3 Å². The first kappa shape index (κ1) is 12.8. The molecular formula is C14H20O2. The molecule has 0 heterocycles. The van der Waals surface area contributed by atoms with E-state index < -0.39 is 0 Å². The van der Waals surface area contributed by atoms with E-state index in [1.807, 2.05) is 31.2 Å². The zero-order valence-corrected chi connectivity index (χ0v) is 10.3.